The average Bonchev–Trinajstić information content (AvgIpc) is 2.39. The van der Waals surface area contributed by atoms with Crippen molar-refractivity contribution >= 4 is 17.9 Å². The van der Waals surface area contributed by atoms with Crippen molar-refractivity contribution in [2.45, 2.75) is 25.7 Å². The molecule has 0 bridgehead atoms. The first-order valence-corrected chi connectivity index (χ1v) is 6.70. The van der Waals surface area contributed by atoms with Crippen LogP contribution in [0.3, 0.4) is 0 Å². The van der Waals surface area contributed by atoms with Crippen molar-refractivity contribution < 1.29 is 4.79 Å². The molecule has 0 saturated carbocycles. The highest BCUT2D eigenvalue weighted by atomic mass is 35.5. The molecule has 0 heterocycles. The van der Waals surface area contributed by atoms with Crippen LogP contribution in [0.15, 0.2) is 48.5 Å². The Morgan fingerprint density at radius 1 is 1.16 bits per heavy atom. The van der Waals surface area contributed by atoms with E-state index in [4.69, 9.17) is 11.6 Å². The Labute approximate surface area is 119 Å². The van der Waals surface area contributed by atoms with E-state index in [0.717, 1.165) is 23.0 Å². The summed E-state index contributed by atoms with van der Waals surface area (Å²) in [4.78, 5) is 11.6. The van der Waals surface area contributed by atoms with Crippen LogP contribution in [0.2, 0.25) is 5.02 Å². The summed E-state index contributed by atoms with van der Waals surface area (Å²) in [6.45, 7) is 4.01. The second-order valence-corrected chi connectivity index (χ2v) is 5.59. The molecular weight excluding hydrogens is 256 g/mol. The molecule has 0 amide bonds. The molecule has 0 radical (unpaired) electrons. The van der Waals surface area contributed by atoms with Gasteiger partial charge in [-0.3, -0.25) is 0 Å². The van der Waals surface area contributed by atoms with Crippen LogP contribution in [-0.4, -0.2) is 6.29 Å². The maximum Gasteiger partial charge on any atom is 0.130 e. The minimum Gasteiger partial charge on any atom is -0.302 e. The fourth-order valence-electron chi connectivity index (χ4n) is 2.49. The van der Waals surface area contributed by atoms with Gasteiger partial charge >= 0.3 is 0 Å². The standard InChI is InChI=1S/C17H17ClO/c1-13-6-3-4-9-16(13)17(2,12-19)11-14-7-5-8-15(18)10-14/h3-10,12H,11H2,1-2H3. The highest BCUT2D eigenvalue weighted by Crippen LogP contribution is 2.29. The molecule has 0 aliphatic rings. The number of benzene rings is 2. The molecule has 98 valence electrons. The molecule has 1 nitrogen and oxygen atoms in total. The molecular formula is C17H17ClO. The van der Waals surface area contributed by atoms with Crippen molar-refractivity contribution in [1.29, 1.82) is 0 Å². The van der Waals surface area contributed by atoms with E-state index in [1.54, 1.807) is 0 Å². The summed E-state index contributed by atoms with van der Waals surface area (Å²) in [5, 5.41) is 0.704. The van der Waals surface area contributed by atoms with E-state index < -0.39 is 5.41 Å². The molecule has 19 heavy (non-hydrogen) atoms. The summed E-state index contributed by atoms with van der Waals surface area (Å²) in [6.07, 6.45) is 1.69. The van der Waals surface area contributed by atoms with Crippen molar-refractivity contribution in [2.24, 2.45) is 0 Å². The van der Waals surface area contributed by atoms with Gasteiger partial charge in [0.1, 0.15) is 6.29 Å². The molecule has 2 rings (SSSR count). The highest BCUT2D eigenvalue weighted by Gasteiger charge is 2.27. The fourth-order valence-corrected chi connectivity index (χ4v) is 2.70. The number of aryl methyl sites for hydroxylation is 1. The second-order valence-electron chi connectivity index (χ2n) is 5.16. The van der Waals surface area contributed by atoms with Crippen LogP contribution in [0.1, 0.15) is 23.6 Å². The van der Waals surface area contributed by atoms with Gasteiger partial charge in [-0.2, -0.15) is 0 Å². The number of rotatable bonds is 4. The third-order valence-electron chi connectivity index (χ3n) is 3.48. The van der Waals surface area contributed by atoms with Crippen LogP contribution >= 0.6 is 11.6 Å². The van der Waals surface area contributed by atoms with Gasteiger partial charge in [-0.15, -0.1) is 0 Å². The zero-order valence-electron chi connectivity index (χ0n) is 11.2. The maximum absolute atomic E-state index is 11.6. The van der Waals surface area contributed by atoms with Crippen molar-refractivity contribution in [3.8, 4) is 0 Å². The number of carbonyl (C=O) groups excluding carboxylic acids is 1. The molecule has 0 aliphatic heterocycles. The SMILES string of the molecule is Cc1ccccc1C(C)(C=O)Cc1cccc(Cl)c1. The Kier molecular flexibility index (Phi) is 4.06. The fraction of sp³-hybridized carbons (Fsp3) is 0.235. The van der Waals surface area contributed by atoms with Gasteiger partial charge in [0.15, 0.2) is 0 Å². The predicted molar refractivity (Wildman–Crippen MR) is 79.8 cm³/mol. The van der Waals surface area contributed by atoms with Crippen LogP contribution < -0.4 is 0 Å². The predicted octanol–water partition coefficient (Wildman–Crippen LogP) is 4.35. The zero-order valence-corrected chi connectivity index (χ0v) is 11.9. The first-order valence-electron chi connectivity index (χ1n) is 6.32. The van der Waals surface area contributed by atoms with Gasteiger partial charge < -0.3 is 4.79 Å². The summed E-state index contributed by atoms with van der Waals surface area (Å²) in [5.41, 5.74) is 2.77. The summed E-state index contributed by atoms with van der Waals surface area (Å²) >= 11 is 6.01. The summed E-state index contributed by atoms with van der Waals surface area (Å²) in [7, 11) is 0. The highest BCUT2D eigenvalue weighted by molar-refractivity contribution is 6.30. The third kappa shape index (κ3) is 3.05. The smallest absolute Gasteiger partial charge is 0.130 e. The lowest BCUT2D eigenvalue weighted by Crippen LogP contribution is -2.27. The number of aldehydes is 1. The van der Waals surface area contributed by atoms with E-state index in [0.29, 0.717) is 11.4 Å². The molecule has 2 aromatic carbocycles. The van der Waals surface area contributed by atoms with E-state index in [-0.39, 0.29) is 0 Å². The number of carbonyl (C=O) groups is 1. The Balaban J connectivity index is 2.39. The second kappa shape index (κ2) is 5.58. The molecule has 0 fully saturated rings. The molecule has 0 aromatic heterocycles. The summed E-state index contributed by atoms with van der Waals surface area (Å²) in [6, 6.07) is 15.7. The van der Waals surface area contributed by atoms with Crippen molar-refractivity contribution in [2.75, 3.05) is 0 Å². The average molecular weight is 273 g/mol. The lowest BCUT2D eigenvalue weighted by molar-refractivity contribution is -0.112. The van der Waals surface area contributed by atoms with Crippen LogP contribution in [0.25, 0.3) is 0 Å². The van der Waals surface area contributed by atoms with Gasteiger partial charge in [-0.25, -0.2) is 0 Å². The Morgan fingerprint density at radius 2 is 1.89 bits per heavy atom. The minimum absolute atomic E-state index is 0.518. The van der Waals surface area contributed by atoms with Crippen LogP contribution in [0, 0.1) is 6.92 Å². The first-order chi connectivity index (χ1) is 9.05. The van der Waals surface area contributed by atoms with Gasteiger partial charge in [0, 0.05) is 5.02 Å². The van der Waals surface area contributed by atoms with Crippen molar-refractivity contribution in [1.82, 2.24) is 0 Å². The normalized spacial score (nSPS) is 13.8. The Morgan fingerprint density at radius 3 is 2.53 bits per heavy atom. The Hall–Kier alpha value is -1.60. The first kappa shape index (κ1) is 13.8. The van der Waals surface area contributed by atoms with E-state index in [9.17, 15) is 4.79 Å². The van der Waals surface area contributed by atoms with Crippen molar-refractivity contribution in [3.63, 3.8) is 0 Å². The van der Waals surface area contributed by atoms with Crippen LogP contribution in [0.5, 0.6) is 0 Å². The minimum atomic E-state index is -0.518. The summed E-state index contributed by atoms with van der Waals surface area (Å²) < 4.78 is 0. The molecule has 0 N–H and O–H groups in total. The molecule has 0 spiro atoms. The van der Waals surface area contributed by atoms with Gasteiger partial charge in [-0.05, 0) is 49.1 Å². The third-order valence-corrected chi connectivity index (χ3v) is 3.72. The lowest BCUT2D eigenvalue weighted by atomic mass is 9.77. The molecule has 1 unspecified atom stereocenters. The molecule has 0 aliphatic carbocycles. The van der Waals surface area contributed by atoms with E-state index in [1.165, 1.54) is 0 Å². The van der Waals surface area contributed by atoms with Gasteiger partial charge in [0.2, 0.25) is 0 Å². The Bertz CT molecular complexity index is 591. The van der Waals surface area contributed by atoms with E-state index >= 15 is 0 Å². The van der Waals surface area contributed by atoms with E-state index in [1.807, 2.05) is 62.4 Å². The number of hydrogen-bond acceptors (Lipinski definition) is 1. The topological polar surface area (TPSA) is 17.1 Å². The lowest BCUT2D eigenvalue weighted by Gasteiger charge is -2.25. The van der Waals surface area contributed by atoms with Crippen LogP contribution in [0.4, 0.5) is 0 Å². The number of halogens is 1. The molecule has 0 saturated heterocycles. The van der Waals surface area contributed by atoms with Gasteiger partial charge in [0.05, 0.1) is 5.41 Å². The van der Waals surface area contributed by atoms with Crippen molar-refractivity contribution in [3.05, 3.63) is 70.2 Å². The van der Waals surface area contributed by atoms with Gasteiger partial charge in [-0.1, -0.05) is 48.0 Å². The molecule has 1 atom stereocenters. The molecule has 2 heteroatoms. The van der Waals surface area contributed by atoms with Gasteiger partial charge in [0.25, 0.3) is 0 Å². The number of hydrogen-bond donors (Lipinski definition) is 0. The molecule has 2 aromatic rings. The van der Waals surface area contributed by atoms with Crippen LogP contribution in [-0.2, 0) is 16.6 Å². The summed E-state index contributed by atoms with van der Waals surface area (Å²) in [5.74, 6) is 0. The quantitative estimate of drug-likeness (QED) is 0.757. The monoisotopic (exact) mass is 272 g/mol. The zero-order chi connectivity index (χ0) is 13.9. The maximum atomic E-state index is 11.6. The largest absolute Gasteiger partial charge is 0.302 e. The van der Waals surface area contributed by atoms with E-state index in [2.05, 4.69) is 0 Å².